The lowest BCUT2D eigenvalue weighted by atomic mass is 10.0. The molecule has 0 atom stereocenters. The molecule has 5 heteroatoms. The van der Waals surface area contributed by atoms with E-state index >= 15 is 0 Å². The Kier molecular flexibility index (Phi) is 4.96. The van der Waals surface area contributed by atoms with Gasteiger partial charge in [0.2, 0.25) is 0 Å². The molecule has 5 nitrogen and oxygen atoms in total. The molecule has 19 heavy (non-hydrogen) atoms. The zero-order valence-electron chi connectivity index (χ0n) is 12.4. The quantitative estimate of drug-likeness (QED) is 0.837. The summed E-state index contributed by atoms with van der Waals surface area (Å²) in [5.74, 6) is 0. The van der Waals surface area contributed by atoms with Crippen molar-refractivity contribution in [3.05, 3.63) is 18.2 Å². The van der Waals surface area contributed by atoms with Crippen molar-refractivity contribution in [3.63, 3.8) is 0 Å². The molecular weight excluding hydrogens is 240 g/mol. The highest BCUT2D eigenvalue weighted by molar-refractivity contribution is 4.98. The first-order chi connectivity index (χ1) is 9.13. The third-order valence-electron chi connectivity index (χ3n) is 3.87. The summed E-state index contributed by atoms with van der Waals surface area (Å²) in [6, 6.07) is 0. The minimum atomic E-state index is 0.168. The van der Waals surface area contributed by atoms with E-state index < -0.39 is 0 Å². The summed E-state index contributed by atoms with van der Waals surface area (Å²) < 4.78 is 7.59. The van der Waals surface area contributed by atoms with E-state index in [1.54, 1.807) is 0 Å². The van der Waals surface area contributed by atoms with Crippen LogP contribution in [0.5, 0.6) is 0 Å². The third-order valence-corrected chi connectivity index (χ3v) is 3.87. The van der Waals surface area contributed by atoms with Crippen LogP contribution in [0.25, 0.3) is 0 Å². The van der Waals surface area contributed by atoms with Crippen molar-refractivity contribution in [1.29, 1.82) is 0 Å². The summed E-state index contributed by atoms with van der Waals surface area (Å²) in [4.78, 5) is 6.69. The Bertz CT molecular complexity index is 383. The number of ether oxygens (including phenoxy) is 1. The molecule has 1 saturated heterocycles. The second-order valence-electron chi connectivity index (χ2n) is 5.69. The maximum absolute atomic E-state index is 5.41. The van der Waals surface area contributed by atoms with E-state index in [4.69, 9.17) is 4.74 Å². The van der Waals surface area contributed by atoms with E-state index in [2.05, 4.69) is 40.5 Å². The van der Waals surface area contributed by atoms with Crippen molar-refractivity contribution in [1.82, 2.24) is 19.8 Å². The van der Waals surface area contributed by atoms with E-state index in [-0.39, 0.29) is 5.54 Å². The van der Waals surface area contributed by atoms with Gasteiger partial charge in [-0.1, -0.05) is 0 Å². The number of morpholine rings is 1. The first-order valence-electron chi connectivity index (χ1n) is 7.16. The van der Waals surface area contributed by atoms with Crippen molar-refractivity contribution in [2.75, 3.05) is 32.8 Å². The fourth-order valence-corrected chi connectivity index (χ4v) is 2.56. The predicted molar refractivity (Wildman–Crippen MR) is 76.1 cm³/mol. The first kappa shape index (κ1) is 14.5. The van der Waals surface area contributed by atoms with Crippen LogP contribution in [0.1, 0.15) is 26.5 Å². The second-order valence-corrected chi connectivity index (χ2v) is 5.69. The van der Waals surface area contributed by atoms with Crippen LogP contribution in [-0.2, 0) is 17.8 Å². The lowest BCUT2D eigenvalue weighted by molar-refractivity contribution is -0.00970. The summed E-state index contributed by atoms with van der Waals surface area (Å²) in [7, 11) is 0. The summed E-state index contributed by atoms with van der Waals surface area (Å²) in [5.41, 5.74) is 1.42. The molecule has 1 aliphatic heterocycles. The number of rotatable bonds is 6. The van der Waals surface area contributed by atoms with Crippen molar-refractivity contribution >= 4 is 0 Å². The van der Waals surface area contributed by atoms with E-state index in [1.807, 2.05) is 12.5 Å². The number of hydrogen-bond acceptors (Lipinski definition) is 4. The van der Waals surface area contributed by atoms with E-state index in [0.29, 0.717) is 0 Å². The Morgan fingerprint density at radius 1 is 1.37 bits per heavy atom. The molecule has 2 rings (SSSR count). The zero-order chi connectivity index (χ0) is 13.7. The summed E-state index contributed by atoms with van der Waals surface area (Å²) >= 11 is 0. The number of aromatic nitrogens is 2. The molecular formula is C14H26N4O. The largest absolute Gasteiger partial charge is 0.379 e. The third kappa shape index (κ3) is 3.78. The average molecular weight is 266 g/mol. The van der Waals surface area contributed by atoms with Crippen LogP contribution in [0.4, 0.5) is 0 Å². The molecule has 1 fully saturated rings. The van der Waals surface area contributed by atoms with Gasteiger partial charge in [-0.3, -0.25) is 4.90 Å². The Hall–Kier alpha value is -0.910. The predicted octanol–water partition coefficient (Wildman–Crippen LogP) is 1.10. The Morgan fingerprint density at radius 2 is 2.11 bits per heavy atom. The molecule has 1 aromatic rings. The smallest absolute Gasteiger partial charge is 0.0948 e. The second kappa shape index (κ2) is 6.50. The van der Waals surface area contributed by atoms with E-state index in [9.17, 15) is 0 Å². The number of hydrogen-bond donors (Lipinski definition) is 1. The topological polar surface area (TPSA) is 42.3 Å². The van der Waals surface area contributed by atoms with Crippen LogP contribution >= 0.6 is 0 Å². The molecule has 0 radical (unpaired) electrons. The lowest BCUT2D eigenvalue weighted by Crippen LogP contribution is -2.54. The van der Waals surface area contributed by atoms with E-state index in [1.165, 1.54) is 5.69 Å². The zero-order valence-corrected chi connectivity index (χ0v) is 12.4. The average Bonchev–Trinajstić information content (AvgIpc) is 2.87. The van der Waals surface area contributed by atoms with Gasteiger partial charge < -0.3 is 14.6 Å². The number of nitrogens with zero attached hydrogens (tertiary/aromatic N) is 3. The van der Waals surface area contributed by atoms with Crippen molar-refractivity contribution < 1.29 is 4.74 Å². The first-order valence-corrected chi connectivity index (χ1v) is 7.16. The minimum absolute atomic E-state index is 0.168. The molecule has 1 N–H and O–H groups in total. The van der Waals surface area contributed by atoms with Gasteiger partial charge in [0.15, 0.2) is 0 Å². The Labute approximate surface area is 116 Å². The van der Waals surface area contributed by atoms with E-state index in [0.717, 1.165) is 45.9 Å². The van der Waals surface area contributed by atoms with Gasteiger partial charge in [-0.2, -0.15) is 0 Å². The maximum Gasteiger partial charge on any atom is 0.0948 e. The molecule has 1 aromatic heterocycles. The fourth-order valence-electron chi connectivity index (χ4n) is 2.56. The molecule has 0 bridgehead atoms. The van der Waals surface area contributed by atoms with Crippen molar-refractivity contribution in [2.45, 2.75) is 39.4 Å². The molecule has 0 amide bonds. The Balaban J connectivity index is 1.80. The molecule has 0 spiro atoms. The molecule has 0 aromatic carbocycles. The van der Waals surface area contributed by atoms with Crippen LogP contribution in [0.3, 0.4) is 0 Å². The number of aryl methyl sites for hydroxylation is 1. The van der Waals surface area contributed by atoms with Crippen LogP contribution < -0.4 is 5.32 Å². The molecule has 0 saturated carbocycles. The lowest BCUT2D eigenvalue weighted by Gasteiger charge is -2.41. The monoisotopic (exact) mass is 266 g/mol. The van der Waals surface area contributed by atoms with Gasteiger partial charge in [0, 0.05) is 44.5 Å². The molecule has 0 aliphatic carbocycles. The number of nitrogens with one attached hydrogen (secondary N) is 1. The van der Waals surface area contributed by atoms with Crippen molar-refractivity contribution in [2.24, 2.45) is 0 Å². The van der Waals surface area contributed by atoms with Crippen LogP contribution in [0.15, 0.2) is 12.5 Å². The van der Waals surface area contributed by atoms with Crippen LogP contribution in [0.2, 0.25) is 0 Å². The molecule has 2 heterocycles. The highest BCUT2D eigenvalue weighted by Crippen LogP contribution is 2.15. The van der Waals surface area contributed by atoms with Crippen LogP contribution in [-0.4, -0.2) is 52.8 Å². The summed E-state index contributed by atoms with van der Waals surface area (Å²) in [6.45, 7) is 13.3. The van der Waals surface area contributed by atoms with Gasteiger partial charge in [-0.15, -0.1) is 0 Å². The normalized spacial score (nSPS) is 17.8. The SMILES string of the molecule is CCn1cncc1CNCC(C)(C)N1CCOCC1. The maximum atomic E-state index is 5.41. The van der Waals surface area contributed by atoms with Gasteiger partial charge in [0.25, 0.3) is 0 Å². The standard InChI is InChI=1S/C14H26N4O/c1-4-17-12-16-10-13(17)9-15-11-14(2,3)18-5-7-19-8-6-18/h10,12,15H,4-9,11H2,1-3H3. The number of imidazole rings is 1. The van der Waals surface area contributed by atoms with Gasteiger partial charge >= 0.3 is 0 Å². The summed E-state index contributed by atoms with van der Waals surface area (Å²) in [5, 5.41) is 3.56. The Morgan fingerprint density at radius 3 is 2.79 bits per heavy atom. The molecule has 108 valence electrons. The van der Waals surface area contributed by atoms with Gasteiger partial charge in [-0.25, -0.2) is 4.98 Å². The molecule has 1 aliphatic rings. The van der Waals surface area contributed by atoms with Crippen molar-refractivity contribution in [3.8, 4) is 0 Å². The van der Waals surface area contributed by atoms with Gasteiger partial charge in [-0.05, 0) is 20.8 Å². The fraction of sp³-hybridized carbons (Fsp3) is 0.786. The molecule has 0 unspecified atom stereocenters. The highest BCUT2D eigenvalue weighted by atomic mass is 16.5. The van der Waals surface area contributed by atoms with Crippen LogP contribution in [0, 0.1) is 0 Å². The highest BCUT2D eigenvalue weighted by Gasteiger charge is 2.27. The summed E-state index contributed by atoms with van der Waals surface area (Å²) in [6.07, 6.45) is 3.84. The van der Waals surface area contributed by atoms with Gasteiger partial charge in [0.05, 0.1) is 25.2 Å². The van der Waals surface area contributed by atoms with Gasteiger partial charge in [0.1, 0.15) is 0 Å². The minimum Gasteiger partial charge on any atom is -0.379 e.